The third kappa shape index (κ3) is 6.05. The third-order valence-electron chi connectivity index (χ3n) is 4.02. The fraction of sp³-hybridized carbons (Fsp3) is 0.688. The maximum absolute atomic E-state index is 12.5. The van der Waals surface area contributed by atoms with Crippen LogP contribution in [0.15, 0.2) is 17.4 Å². The first-order valence-electron chi connectivity index (χ1n) is 8.23. The van der Waals surface area contributed by atoms with Crippen molar-refractivity contribution in [2.45, 2.75) is 25.5 Å². The van der Waals surface area contributed by atoms with Crippen molar-refractivity contribution in [3.05, 3.63) is 12.4 Å². The second-order valence-corrected chi connectivity index (χ2v) is 7.99. The molecular formula is C16H29IN6OS. The molecule has 0 bridgehead atoms. The first-order chi connectivity index (χ1) is 11.4. The van der Waals surface area contributed by atoms with Crippen molar-refractivity contribution in [2.24, 2.45) is 12.0 Å². The van der Waals surface area contributed by atoms with Crippen molar-refractivity contribution < 1.29 is 4.79 Å². The second kappa shape index (κ2) is 9.65. The van der Waals surface area contributed by atoms with Crippen molar-refractivity contribution in [3.8, 4) is 0 Å². The zero-order chi connectivity index (χ0) is 17.7. The van der Waals surface area contributed by atoms with Gasteiger partial charge in [-0.2, -0.15) is 16.9 Å². The van der Waals surface area contributed by atoms with Crippen LogP contribution in [0.25, 0.3) is 0 Å². The molecule has 0 aliphatic carbocycles. The zero-order valence-corrected chi connectivity index (χ0v) is 18.8. The number of rotatable bonds is 5. The largest absolute Gasteiger partial charge is 0.357 e. The second-order valence-electron chi connectivity index (χ2n) is 6.47. The van der Waals surface area contributed by atoms with Gasteiger partial charge in [0.1, 0.15) is 6.54 Å². The van der Waals surface area contributed by atoms with Crippen LogP contribution in [0, 0.1) is 0 Å². The van der Waals surface area contributed by atoms with E-state index in [0.717, 1.165) is 24.7 Å². The fourth-order valence-corrected chi connectivity index (χ4v) is 2.62. The number of aliphatic imine (C=N–C) groups is 1. The van der Waals surface area contributed by atoms with Gasteiger partial charge in [-0.3, -0.25) is 14.5 Å². The molecule has 1 saturated heterocycles. The van der Waals surface area contributed by atoms with E-state index in [0.29, 0.717) is 19.6 Å². The molecule has 9 heteroatoms. The number of aromatic nitrogens is 2. The van der Waals surface area contributed by atoms with Crippen LogP contribution in [0.5, 0.6) is 0 Å². The van der Waals surface area contributed by atoms with Gasteiger partial charge in [-0.05, 0) is 27.0 Å². The van der Waals surface area contributed by atoms with Gasteiger partial charge in [-0.15, -0.1) is 24.0 Å². The SMILES string of the molecule is CCNC(=NCC(C)(C)SC)N1CCN(c2cnn(C)c2)C(=O)C1.I. The summed E-state index contributed by atoms with van der Waals surface area (Å²) in [5.74, 6) is 0.891. The van der Waals surface area contributed by atoms with Gasteiger partial charge < -0.3 is 15.1 Å². The van der Waals surface area contributed by atoms with Crippen molar-refractivity contribution in [1.29, 1.82) is 0 Å². The highest BCUT2D eigenvalue weighted by molar-refractivity contribution is 14.0. The standard InChI is InChI=1S/C16H28N6OS.HI/c1-6-17-15(18-12-16(2,3)24-5)21-7-8-22(14(23)11-21)13-9-19-20(4)10-13;/h9-10H,6-8,11-12H2,1-5H3,(H,17,18);1H. The molecular weight excluding hydrogens is 451 g/mol. The summed E-state index contributed by atoms with van der Waals surface area (Å²) < 4.78 is 1.80. The van der Waals surface area contributed by atoms with E-state index >= 15 is 0 Å². The van der Waals surface area contributed by atoms with E-state index in [1.54, 1.807) is 27.5 Å². The number of piperazine rings is 1. The van der Waals surface area contributed by atoms with Gasteiger partial charge in [-0.1, -0.05) is 0 Å². The molecule has 2 rings (SSSR count). The summed E-state index contributed by atoms with van der Waals surface area (Å²) in [4.78, 5) is 21.1. The molecule has 0 spiro atoms. The highest BCUT2D eigenvalue weighted by Gasteiger charge is 2.28. The minimum Gasteiger partial charge on any atom is -0.357 e. The zero-order valence-electron chi connectivity index (χ0n) is 15.7. The van der Waals surface area contributed by atoms with Gasteiger partial charge in [0.2, 0.25) is 5.91 Å². The number of halogens is 1. The molecule has 0 saturated carbocycles. The van der Waals surface area contributed by atoms with Crippen molar-refractivity contribution >= 4 is 53.3 Å². The number of guanidine groups is 1. The van der Waals surface area contributed by atoms with E-state index in [2.05, 4.69) is 30.5 Å². The van der Waals surface area contributed by atoms with E-state index in [4.69, 9.17) is 4.99 Å². The number of aryl methyl sites for hydroxylation is 1. The van der Waals surface area contributed by atoms with Crippen LogP contribution in [0.3, 0.4) is 0 Å². The first-order valence-corrected chi connectivity index (χ1v) is 9.46. The summed E-state index contributed by atoms with van der Waals surface area (Å²) in [7, 11) is 1.85. The molecule has 1 aromatic heterocycles. The smallest absolute Gasteiger partial charge is 0.246 e. The lowest BCUT2D eigenvalue weighted by Gasteiger charge is -2.35. The van der Waals surface area contributed by atoms with Gasteiger partial charge in [0, 0.05) is 37.6 Å². The Labute approximate surface area is 171 Å². The number of anilines is 1. The first kappa shape index (κ1) is 22.1. The van der Waals surface area contributed by atoms with Gasteiger partial charge in [0.15, 0.2) is 5.96 Å². The Morgan fingerprint density at radius 3 is 2.68 bits per heavy atom. The number of carbonyl (C=O) groups is 1. The molecule has 1 fully saturated rings. The molecule has 1 N–H and O–H groups in total. The molecule has 0 aromatic carbocycles. The van der Waals surface area contributed by atoms with Crippen LogP contribution < -0.4 is 10.2 Å². The fourth-order valence-electron chi connectivity index (χ4n) is 2.43. The van der Waals surface area contributed by atoms with E-state index in [9.17, 15) is 4.79 Å². The molecule has 7 nitrogen and oxygen atoms in total. The Hall–Kier alpha value is -0.970. The van der Waals surface area contributed by atoms with E-state index in [1.165, 1.54) is 0 Å². The Kier molecular flexibility index (Phi) is 8.52. The summed E-state index contributed by atoms with van der Waals surface area (Å²) >= 11 is 1.80. The molecule has 25 heavy (non-hydrogen) atoms. The Bertz CT molecular complexity index is 603. The maximum atomic E-state index is 12.5. The minimum absolute atomic E-state index is 0. The topological polar surface area (TPSA) is 65.8 Å². The van der Waals surface area contributed by atoms with E-state index in [-0.39, 0.29) is 34.6 Å². The van der Waals surface area contributed by atoms with Crippen molar-refractivity contribution in [2.75, 3.05) is 43.9 Å². The van der Waals surface area contributed by atoms with E-state index in [1.807, 2.05) is 25.1 Å². The number of hydrogen-bond acceptors (Lipinski definition) is 4. The normalized spacial score (nSPS) is 16.0. The van der Waals surface area contributed by atoms with Crippen LogP contribution in [0.4, 0.5) is 5.69 Å². The average Bonchev–Trinajstić information content (AvgIpc) is 2.97. The summed E-state index contributed by atoms with van der Waals surface area (Å²) in [6, 6.07) is 0. The van der Waals surface area contributed by atoms with Crippen LogP contribution >= 0.6 is 35.7 Å². The summed E-state index contributed by atoms with van der Waals surface area (Å²) in [6.07, 6.45) is 5.69. The molecule has 2 heterocycles. The monoisotopic (exact) mass is 480 g/mol. The lowest BCUT2D eigenvalue weighted by molar-refractivity contribution is -0.120. The lowest BCUT2D eigenvalue weighted by atomic mass is 10.2. The van der Waals surface area contributed by atoms with Crippen LogP contribution in [0.2, 0.25) is 0 Å². The Morgan fingerprint density at radius 1 is 1.44 bits per heavy atom. The molecule has 0 radical (unpaired) electrons. The predicted octanol–water partition coefficient (Wildman–Crippen LogP) is 1.79. The van der Waals surface area contributed by atoms with Gasteiger partial charge in [0.25, 0.3) is 0 Å². The number of nitrogens with one attached hydrogen (secondary N) is 1. The number of hydrogen-bond donors (Lipinski definition) is 1. The molecule has 142 valence electrons. The highest BCUT2D eigenvalue weighted by atomic mass is 127. The molecule has 0 unspecified atom stereocenters. The predicted molar refractivity (Wildman–Crippen MR) is 116 cm³/mol. The quantitative estimate of drug-likeness (QED) is 0.396. The number of amides is 1. The molecule has 1 amide bonds. The van der Waals surface area contributed by atoms with Crippen LogP contribution in [-0.4, -0.2) is 70.3 Å². The Balaban J connectivity index is 0.00000312. The van der Waals surface area contributed by atoms with Gasteiger partial charge in [-0.25, -0.2) is 0 Å². The molecule has 1 aromatic rings. The number of nitrogens with zero attached hydrogens (tertiary/aromatic N) is 5. The van der Waals surface area contributed by atoms with Crippen molar-refractivity contribution in [3.63, 3.8) is 0 Å². The average molecular weight is 480 g/mol. The summed E-state index contributed by atoms with van der Waals surface area (Å²) in [5, 5.41) is 7.45. The maximum Gasteiger partial charge on any atom is 0.246 e. The third-order valence-corrected chi connectivity index (χ3v) is 5.25. The molecule has 0 atom stereocenters. The Morgan fingerprint density at radius 2 is 2.16 bits per heavy atom. The highest BCUT2D eigenvalue weighted by Crippen LogP contribution is 2.21. The lowest BCUT2D eigenvalue weighted by Crippen LogP contribution is -2.55. The number of thioether (sulfide) groups is 1. The molecule has 1 aliphatic rings. The number of carbonyl (C=O) groups excluding carboxylic acids is 1. The summed E-state index contributed by atoms with van der Waals surface area (Å²) in [5.41, 5.74) is 0.854. The minimum atomic E-state index is 0. The van der Waals surface area contributed by atoms with Crippen LogP contribution in [0.1, 0.15) is 20.8 Å². The van der Waals surface area contributed by atoms with Gasteiger partial charge in [0.05, 0.1) is 18.4 Å². The molecule has 1 aliphatic heterocycles. The van der Waals surface area contributed by atoms with E-state index < -0.39 is 0 Å². The van der Waals surface area contributed by atoms with Crippen molar-refractivity contribution in [1.82, 2.24) is 20.0 Å². The van der Waals surface area contributed by atoms with Gasteiger partial charge >= 0.3 is 0 Å². The summed E-state index contributed by atoms with van der Waals surface area (Å²) in [6.45, 7) is 9.63. The van der Waals surface area contributed by atoms with Crippen LogP contribution in [-0.2, 0) is 11.8 Å².